The molecule has 0 aliphatic rings. The SMILES string of the molecule is CCNCCCCC(NCC)C(O)C[N+](=O)[O-]. The van der Waals surface area contributed by atoms with Crippen LogP contribution in [0.3, 0.4) is 0 Å². The molecule has 0 spiro atoms. The normalized spacial score (nSPS) is 14.5. The van der Waals surface area contributed by atoms with Gasteiger partial charge in [0.15, 0.2) is 0 Å². The van der Waals surface area contributed by atoms with Crippen molar-refractivity contribution in [2.24, 2.45) is 0 Å². The monoisotopic (exact) mass is 247 g/mol. The first-order valence-corrected chi connectivity index (χ1v) is 6.35. The highest BCUT2D eigenvalue weighted by atomic mass is 16.6. The Bertz CT molecular complexity index is 202. The van der Waals surface area contributed by atoms with Gasteiger partial charge in [0.25, 0.3) is 0 Å². The van der Waals surface area contributed by atoms with Crippen molar-refractivity contribution >= 4 is 0 Å². The zero-order valence-corrected chi connectivity index (χ0v) is 10.8. The molecule has 0 aliphatic heterocycles. The highest BCUT2D eigenvalue weighted by Crippen LogP contribution is 2.05. The number of aliphatic hydroxyl groups excluding tert-OH is 1. The summed E-state index contributed by atoms with van der Waals surface area (Å²) >= 11 is 0. The summed E-state index contributed by atoms with van der Waals surface area (Å²) in [4.78, 5) is 9.88. The number of unbranched alkanes of at least 4 members (excludes halogenated alkanes) is 1. The molecular formula is C11H25N3O3. The number of hydrogen-bond donors (Lipinski definition) is 3. The van der Waals surface area contributed by atoms with E-state index in [-0.39, 0.29) is 12.6 Å². The van der Waals surface area contributed by atoms with Gasteiger partial charge in [0.2, 0.25) is 6.54 Å². The third-order valence-electron chi connectivity index (χ3n) is 2.64. The standard InChI is InChI=1S/C11H25N3O3/c1-3-12-8-6-5-7-10(13-4-2)11(15)9-14(16)17/h10-13,15H,3-9H2,1-2H3. The summed E-state index contributed by atoms with van der Waals surface area (Å²) < 4.78 is 0. The summed E-state index contributed by atoms with van der Waals surface area (Å²) in [7, 11) is 0. The number of aliphatic hydroxyl groups is 1. The van der Waals surface area contributed by atoms with Gasteiger partial charge < -0.3 is 15.7 Å². The van der Waals surface area contributed by atoms with Gasteiger partial charge in [-0.2, -0.15) is 0 Å². The molecule has 2 unspecified atom stereocenters. The Morgan fingerprint density at radius 3 is 2.53 bits per heavy atom. The molecule has 0 heterocycles. The molecule has 0 amide bonds. The molecule has 0 aromatic rings. The van der Waals surface area contributed by atoms with E-state index in [2.05, 4.69) is 17.6 Å². The Morgan fingerprint density at radius 1 is 1.29 bits per heavy atom. The molecule has 0 aromatic carbocycles. The minimum Gasteiger partial charge on any atom is -0.385 e. The van der Waals surface area contributed by atoms with Crippen molar-refractivity contribution in [1.29, 1.82) is 0 Å². The minimum absolute atomic E-state index is 0.174. The smallest absolute Gasteiger partial charge is 0.230 e. The Kier molecular flexibility index (Phi) is 9.99. The van der Waals surface area contributed by atoms with E-state index in [1.807, 2.05) is 6.92 Å². The lowest BCUT2D eigenvalue weighted by molar-refractivity contribution is -0.491. The first-order valence-electron chi connectivity index (χ1n) is 6.35. The van der Waals surface area contributed by atoms with Crippen LogP contribution in [0, 0.1) is 10.1 Å². The van der Waals surface area contributed by atoms with Crippen LogP contribution < -0.4 is 10.6 Å². The Morgan fingerprint density at radius 2 is 2.00 bits per heavy atom. The van der Waals surface area contributed by atoms with Gasteiger partial charge in [-0.1, -0.05) is 20.3 Å². The van der Waals surface area contributed by atoms with Crippen LogP contribution in [0.2, 0.25) is 0 Å². The average Bonchev–Trinajstić information content (AvgIpc) is 2.26. The van der Waals surface area contributed by atoms with Crippen LogP contribution in [0.25, 0.3) is 0 Å². The fourth-order valence-electron chi connectivity index (χ4n) is 1.76. The van der Waals surface area contributed by atoms with E-state index >= 15 is 0 Å². The van der Waals surface area contributed by atoms with E-state index in [4.69, 9.17) is 0 Å². The molecule has 0 rings (SSSR count). The van der Waals surface area contributed by atoms with Gasteiger partial charge in [-0.05, 0) is 32.5 Å². The highest BCUT2D eigenvalue weighted by molar-refractivity contribution is 4.74. The van der Waals surface area contributed by atoms with Crippen molar-refractivity contribution < 1.29 is 10.0 Å². The Labute approximate surface area is 103 Å². The molecule has 0 radical (unpaired) electrons. The van der Waals surface area contributed by atoms with Gasteiger partial charge >= 0.3 is 0 Å². The summed E-state index contributed by atoms with van der Waals surface area (Å²) in [6.45, 7) is 6.24. The molecule has 17 heavy (non-hydrogen) atoms. The molecule has 6 heteroatoms. The second-order valence-electron chi connectivity index (χ2n) is 4.10. The first-order chi connectivity index (χ1) is 8.11. The molecule has 0 aromatic heterocycles. The number of nitro groups is 1. The van der Waals surface area contributed by atoms with Crippen molar-refractivity contribution in [2.45, 2.75) is 45.3 Å². The molecule has 0 fully saturated rings. The second kappa shape index (κ2) is 10.4. The van der Waals surface area contributed by atoms with Gasteiger partial charge in [0, 0.05) is 11.0 Å². The lowest BCUT2D eigenvalue weighted by Gasteiger charge is -2.21. The topological polar surface area (TPSA) is 87.4 Å². The van der Waals surface area contributed by atoms with Crippen molar-refractivity contribution in [1.82, 2.24) is 10.6 Å². The van der Waals surface area contributed by atoms with Crippen molar-refractivity contribution in [3.8, 4) is 0 Å². The lowest BCUT2D eigenvalue weighted by Crippen LogP contribution is -2.43. The zero-order chi connectivity index (χ0) is 13.1. The van der Waals surface area contributed by atoms with E-state index in [9.17, 15) is 15.2 Å². The van der Waals surface area contributed by atoms with Gasteiger partial charge in [-0.3, -0.25) is 10.1 Å². The second-order valence-corrected chi connectivity index (χ2v) is 4.10. The van der Waals surface area contributed by atoms with E-state index in [1.54, 1.807) is 0 Å². The number of nitrogens with zero attached hydrogens (tertiary/aromatic N) is 1. The molecule has 2 atom stereocenters. The van der Waals surface area contributed by atoms with Gasteiger partial charge in [-0.25, -0.2) is 0 Å². The predicted octanol–water partition coefficient (Wildman–Crippen LogP) is 0.382. The van der Waals surface area contributed by atoms with E-state index < -0.39 is 11.0 Å². The summed E-state index contributed by atoms with van der Waals surface area (Å²) in [5.74, 6) is 0. The van der Waals surface area contributed by atoms with Crippen LogP contribution in [0.1, 0.15) is 33.1 Å². The van der Waals surface area contributed by atoms with Crippen molar-refractivity contribution in [3.05, 3.63) is 10.1 Å². The van der Waals surface area contributed by atoms with Crippen LogP contribution in [0.5, 0.6) is 0 Å². The lowest BCUT2D eigenvalue weighted by atomic mass is 10.0. The molecule has 0 aliphatic carbocycles. The van der Waals surface area contributed by atoms with Crippen LogP contribution >= 0.6 is 0 Å². The third kappa shape index (κ3) is 9.02. The molecule has 0 saturated carbocycles. The van der Waals surface area contributed by atoms with E-state index in [0.717, 1.165) is 32.4 Å². The number of hydrogen-bond acceptors (Lipinski definition) is 5. The van der Waals surface area contributed by atoms with Gasteiger partial charge in [0.05, 0.1) is 0 Å². The zero-order valence-electron chi connectivity index (χ0n) is 10.8. The fraction of sp³-hybridized carbons (Fsp3) is 1.00. The molecular weight excluding hydrogens is 222 g/mol. The van der Waals surface area contributed by atoms with Gasteiger partial charge in [-0.15, -0.1) is 0 Å². The average molecular weight is 247 g/mol. The summed E-state index contributed by atoms with van der Waals surface area (Å²) in [5, 5.41) is 26.4. The third-order valence-corrected chi connectivity index (χ3v) is 2.64. The highest BCUT2D eigenvalue weighted by Gasteiger charge is 2.22. The fourth-order valence-corrected chi connectivity index (χ4v) is 1.76. The van der Waals surface area contributed by atoms with Gasteiger partial charge in [0.1, 0.15) is 6.10 Å². The summed E-state index contributed by atoms with van der Waals surface area (Å²) in [5.41, 5.74) is 0. The van der Waals surface area contributed by atoms with Crippen LogP contribution in [0.15, 0.2) is 0 Å². The van der Waals surface area contributed by atoms with E-state index in [1.165, 1.54) is 0 Å². The number of likely N-dealkylation sites (N-methyl/N-ethyl adjacent to an activating group) is 1. The minimum atomic E-state index is -0.899. The molecule has 0 saturated heterocycles. The Balaban J connectivity index is 3.84. The first kappa shape index (κ1) is 16.3. The maximum atomic E-state index is 10.3. The van der Waals surface area contributed by atoms with Crippen LogP contribution in [-0.2, 0) is 0 Å². The summed E-state index contributed by atoms with van der Waals surface area (Å²) in [6.07, 6.45) is 1.86. The van der Waals surface area contributed by atoms with Crippen LogP contribution in [0.4, 0.5) is 0 Å². The van der Waals surface area contributed by atoms with Crippen molar-refractivity contribution in [2.75, 3.05) is 26.2 Å². The molecule has 0 bridgehead atoms. The quantitative estimate of drug-likeness (QED) is 0.279. The maximum Gasteiger partial charge on any atom is 0.230 e. The van der Waals surface area contributed by atoms with Crippen molar-refractivity contribution in [3.63, 3.8) is 0 Å². The maximum absolute atomic E-state index is 10.3. The summed E-state index contributed by atoms with van der Waals surface area (Å²) in [6, 6.07) is -0.174. The molecule has 102 valence electrons. The molecule has 3 N–H and O–H groups in total. The van der Waals surface area contributed by atoms with E-state index in [0.29, 0.717) is 6.54 Å². The molecule has 6 nitrogen and oxygen atoms in total. The number of rotatable bonds is 11. The number of nitrogens with one attached hydrogen (secondary N) is 2. The predicted molar refractivity (Wildman–Crippen MR) is 67.7 cm³/mol. The largest absolute Gasteiger partial charge is 0.385 e. The van der Waals surface area contributed by atoms with Crippen LogP contribution in [-0.4, -0.2) is 48.4 Å². The Hall–Kier alpha value is -0.720.